The van der Waals surface area contributed by atoms with Crippen LogP contribution >= 0.6 is 0 Å². The van der Waals surface area contributed by atoms with Crippen molar-refractivity contribution < 1.29 is 4.79 Å². The van der Waals surface area contributed by atoms with Crippen LogP contribution in [0.4, 0.5) is 5.95 Å². The minimum absolute atomic E-state index is 0.106. The Balaban J connectivity index is 2.12. The van der Waals surface area contributed by atoms with Crippen LogP contribution in [0.5, 0.6) is 0 Å². The van der Waals surface area contributed by atoms with Gasteiger partial charge >= 0.3 is 0 Å². The number of nitrogens with zero attached hydrogens (tertiary/aromatic N) is 4. The van der Waals surface area contributed by atoms with Crippen LogP contribution in [0.1, 0.15) is 15.9 Å². The van der Waals surface area contributed by atoms with E-state index in [-0.39, 0.29) is 11.9 Å². The fraction of sp³-hybridized carbons (Fsp3) is 0. The standard InChI is InChI=1S/C9H6N6O/c10-5-6-1-3-7(4-2-6)8(16)11-9-12-14-15-13-9/h1-4H,(H2,11,12,13,14,15,16). The van der Waals surface area contributed by atoms with E-state index in [1.54, 1.807) is 24.3 Å². The number of nitriles is 1. The largest absolute Gasteiger partial charge is 0.288 e. The quantitative estimate of drug-likeness (QED) is 0.748. The summed E-state index contributed by atoms with van der Waals surface area (Å²) < 4.78 is 0. The van der Waals surface area contributed by atoms with Crippen LogP contribution in [-0.4, -0.2) is 26.5 Å². The highest BCUT2D eigenvalue weighted by Gasteiger charge is 2.07. The molecule has 7 heteroatoms. The van der Waals surface area contributed by atoms with Crippen molar-refractivity contribution in [1.82, 2.24) is 20.6 Å². The Labute approximate surface area is 90.1 Å². The number of carbonyl (C=O) groups excluding carboxylic acids is 1. The molecule has 0 saturated heterocycles. The van der Waals surface area contributed by atoms with Crippen molar-refractivity contribution >= 4 is 11.9 Å². The average molecular weight is 214 g/mol. The van der Waals surface area contributed by atoms with Crippen LogP contribution in [0.25, 0.3) is 0 Å². The van der Waals surface area contributed by atoms with E-state index < -0.39 is 0 Å². The maximum atomic E-state index is 11.6. The van der Waals surface area contributed by atoms with Gasteiger partial charge in [-0.2, -0.15) is 10.5 Å². The van der Waals surface area contributed by atoms with E-state index in [1.165, 1.54) is 0 Å². The minimum Gasteiger partial charge on any atom is -0.288 e. The van der Waals surface area contributed by atoms with Gasteiger partial charge in [-0.15, -0.1) is 5.10 Å². The van der Waals surface area contributed by atoms with Crippen molar-refractivity contribution in [2.75, 3.05) is 5.32 Å². The number of aromatic nitrogens is 4. The van der Waals surface area contributed by atoms with Crippen molar-refractivity contribution in [3.63, 3.8) is 0 Å². The molecule has 1 amide bonds. The van der Waals surface area contributed by atoms with Crippen LogP contribution in [0, 0.1) is 11.3 Å². The van der Waals surface area contributed by atoms with Gasteiger partial charge in [0.25, 0.3) is 11.9 Å². The Bertz CT molecular complexity index is 524. The van der Waals surface area contributed by atoms with Gasteiger partial charge in [-0.05, 0) is 29.5 Å². The predicted octanol–water partition coefficient (Wildman–Crippen LogP) is 0.324. The van der Waals surface area contributed by atoms with Crippen LogP contribution in [0.3, 0.4) is 0 Å². The summed E-state index contributed by atoms with van der Waals surface area (Å²) >= 11 is 0. The normalized spacial score (nSPS) is 9.44. The van der Waals surface area contributed by atoms with Crippen LogP contribution < -0.4 is 5.32 Å². The molecule has 0 aliphatic carbocycles. The maximum Gasteiger partial charge on any atom is 0.270 e. The lowest BCUT2D eigenvalue weighted by atomic mass is 10.1. The first-order valence-corrected chi connectivity index (χ1v) is 4.34. The van der Waals surface area contributed by atoms with Gasteiger partial charge in [0.2, 0.25) is 0 Å². The van der Waals surface area contributed by atoms with Crippen molar-refractivity contribution in [2.45, 2.75) is 0 Å². The summed E-state index contributed by atoms with van der Waals surface area (Å²) in [5.74, 6) is -0.250. The molecule has 2 aromatic rings. The van der Waals surface area contributed by atoms with Gasteiger partial charge in [0, 0.05) is 5.56 Å². The second-order valence-corrected chi connectivity index (χ2v) is 2.88. The molecule has 2 rings (SSSR count). The fourth-order valence-electron chi connectivity index (χ4n) is 1.08. The minimum atomic E-state index is -0.356. The van der Waals surface area contributed by atoms with Crippen molar-refractivity contribution in [3.8, 4) is 6.07 Å². The van der Waals surface area contributed by atoms with E-state index in [2.05, 4.69) is 25.9 Å². The summed E-state index contributed by atoms with van der Waals surface area (Å²) in [6, 6.07) is 8.19. The van der Waals surface area contributed by atoms with E-state index >= 15 is 0 Å². The van der Waals surface area contributed by atoms with Gasteiger partial charge in [-0.1, -0.05) is 5.10 Å². The second-order valence-electron chi connectivity index (χ2n) is 2.88. The molecule has 0 bridgehead atoms. The molecule has 0 aliphatic rings. The van der Waals surface area contributed by atoms with Gasteiger partial charge in [0.05, 0.1) is 11.6 Å². The highest BCUT2D eigenvalue weighted by atomic mass is 16.1. The Kier molecular flexibility index (Phi) is 2.56. The van der Waals surface area contributed by atoms with Gasteiger partial charge in [-0.3, -0.25) is 10.1 Å². The Morgan fingerprint density at radius 3 is 2.69 bits per heavy atom. The molecule has 0 aliphatic heterocycles. The first-order chi connectivity index (χ1) is 7.79. The van der Waals surface area contributed by atoms with Gasteiger partial charge in [0.1, 0.15) is 0 Å². The van der Waals surface area contributed by atoms with Gasteiger partial charge in [0.15, 0.2) is 0 Å². The Hall–Kier alpha value is -2.75. The van der Waals surface area contributed by atoms with Gasteiger partial charge in [-0.25, -0.2) is 0 Å². The monoisotopic (exact) mass is 214 g/mol. The molecule has 16 heavy (non-hydrogen) atoms. The zero-order valence-corrected chi connectivity index (χ0v) is 8.01. The number of tetrazole rings is 1. The first kappa shape index (κ1) is 9.79. The van der Waals surface area contributed by atoms with E-state index in [4.69, 9.17) is 5.26 Å². The molecule has 1 heterocycles. The second kappa shape index (κ2) is 4.18. The summed E-state index contributed by atoms with van der Waals surface area (Å²) in [5.41, 5.74) is 0.917. The van der Waals surface area contributed by atoms with E-state index in [0.717, 1.165) is 0 Å². The third-order valence-electron chi connectivity index (χ3n) is 1.85. The number of amides is 1. The van der Waals surface area contributed by atoms with E-state index in [1.807, 2.05) is 6.07 Å². The molecule has 0 spiro atoms. The van der Waals surface area contributed by atoms with Gasteiger partial charge < -0.3 is 0 Å². The number of rotatable bonds is 2. The molecule has 0 saturated carbocycles. The highest BCUT2D eigenvalue weighted by molar-refractivity contribution is 6.03. The van der Waals surface area contributed by atoms with E-state index in [9.17, 15) is 4.79 Å². The number of hydrogen-bond acceptors (Lipinski definition) is 5. The topological polar surface area (TPSA) is 107 Å². The summed E-state index contributed by atoms with van der Waals surface area (Å²) in [6.07, 6.45) is 0. The molecule has 78 valence electrons. The predicted molar refractivity (Wildman–Crippen MR) is 53.3 cm³/mol. The zero-order valence-electron chi connectivity index (χ0n) is 8.01. The summed E-state index contributed by atoms with van der Waals surface area (Å²) in [4.78, 5) is 11.6. The average Bonchev–Trinajstić information content (AvgIpc) is 2.82. The van der Waals surface area contributed by atoms with E-state index in [0.29, 0.717) is 11.1 Å². The zero-order chi connectivity index (χ0) is 11.4. The highest BCUT2D eigenvalue weighted by Crippen LogP contribution is 2.05. The smallest absolute Gasteiger partial charge is 0.270 e. The Morgan fingerprint density at radius 1 is 1.38 bits per heavy atom. The molecule has 1 aromatic carbocycles. The molecule has 0 atom stereocenters. The SMILES string of the molecule is N#Cc1ccc(C(=O)Nc2nn[nH]n2)cc1. The third kappa shape index (κ3) is 2.01. The molecule has 7 nitrogen and oxygen atoms in total. The van der Waals surface area contributed by atoms with Crippen molar-refractivity contribution in [3.05, 3.63) is 35.4 Å². The van der Waals surface area contributed by atoms with Crippen molar-refractivity contribution in [2.24, 2.45) is 0 Å². The number of aromatic amines is 1. The number of benzene rings is 1. The third-order valence-corrected chi connectivity index (χ3v) is 1.85. The number of hydrogen-bond donors (Lipinski definition) is 2. The summed E-state index contributed by atoms with van der Waals surface area (Å²) in [6.45, 7) is 0. The van der Waals surface area contributed by atoms with Crippen LogP contribution in [0.2, 0.25) is 0 Å². The molecule has 0 fully saturated rings. The fourth-order valence-corrected chi connectivity index (χ4v) is 1.08. The maximum absolute atomic E-state index is 11.6. The molecule has 2 N–H and O–H groups in total. The lowest BCUT2D eigenvalue weighted by Crippen LogP contribution is -2.12. The summed E-state index contributed by atoms with van der Waals surface area (Å²) in [5, 5.41) is 23.7. The molecule has 0 radical (unpaired) electrons. The van der Waals surface area contributed by atoms with Crippen LogP contribution in [-0.2, 0) is 0 Å². The lowest BCUT2D eigenvalue weighted by molar-refractivity contribution is 0.102. The first-order valence-electron chi connectivity index (χ1n) is 4.34. The molecular formula is C9H6N6O. The van der Waals surface area contributed by atoms with Crippen molar-refractivity contribution in [1.29, 1.82) is 5.26 Å². The number of nitrogens with one attached hydrogen (secondary N) is 2. The Morgan fingerprint density at radius 2 is 2.12 bits per heavy atom. The molecule has 0 unspecified atom stereocenters. The number of carbonyl (C=O) groups is 1. The summed E-state index contributed by atoms with van der Waals surface area (Å²) in [7, 11) is 0. The molecular weight excluding hydrogens is 208 g/mol. The number of H-pyrrole nitrogens is 1. The molecule has 1 aromatic heterocycles. The number of anilines is 1. The lowest BCUT2D eigenvalue weighted by Gasteiger charge is -1.99. The van der Waals surface area contributed by atoms with Crippen LogP contribution in [0.15, 0.2) is 24.3 Å².